The summed E-state index contributed by atoms with van der Waals surface area (Å²) in [5.74, 6) is 0.802. The summed E-state index contributed by atoms with van der Waals surface area (Å²) in [5, 5.41) is 0. The first-order valence-corrected chi connectivity index (χ1v) is 6.00. The van der Waals surface area contributed by atoms with Crippen LogP contribution in [-0.4, -0.2) is 6.04 Å². The Morgan fingerprint density at radius 2 is 1.57 bits per heavy atom. The van der Waals surface area contributed by atoms with Crippen molar-refractivity contribution in [3.05, 3.63) is 0 Å². The van der Waals surface area contributed by atoms with Crippen LogP contribution in [0.3, 0.4) is 0 Å². The summed E-state index contributed by atoms with van der Waals surface area (Å²) in [4.78, 5) is 0. The lowest BCUT2D eigenvalue weighted by molar-refractivity contribution is 0.0858. The highest BCUT2D eigenvalue weighted by atomic mass is 14.9. The predicted molar refractivity (Wildman–Crippen MR) is 61.0 cm³/mol. The van der Waals surface area contributed by atoms with Crippen LogP contribution in [0.4, 0.5) is 0 Å². The second-order valence-electron chi connectivity index (χ2n) is 7.01. The Labute approximate surface area is 88.4 Å². The minimum atomic E-state index is 0.392. The summed E-state index contributed by atoms with van der Waals surface area (Å²) in [5.41, 5.74) is 7.70. The van der Waals surface area contributed by atoms with Gasteiger partial charge in [0.25, 0.3) is 0 Å². The van der Waals surface area contributed by atoms with Crippen molar-refractivity contribution in [2.75, 3.05) is 0 Å². The molecule has 0 aromatic rings. The molecule has 0 radical (unpaired) electrons. The molecule has 0 aliphatic heterocycles. The van der Waals surface area contributed by atoms with E-state index in [1.54, 1.807) is 0 Å². The second-order valence-corrected chi connectivity index (χ2v) is 7.01. The first kappa shape index (κ1) is 10.5. The van der Waals surface area contributed by atoms with Crippen LogP contribution in [0.2, 0.25) is 0 Å². The monoisotopic (exact) mass is 195 g/mol. The Kier molecular flexibility index (Phi) is 1.91. The van der Waals surface area contributed by atoms with Crippen LogP contribution in [0.5, 0.6) is 0 Å². The maximum absolute atomic E-state index is 6.29. The van der Waals surface area contributed by atoms with Crippen molar-refractivity contribution in [1.29, 1.82) is 0 Å². The molecule has 0 heterocycles. The van der Waals surface area contributed by atoms with Crippen molar-refractivity contribution >= 4 is 0 Å². The molecule has 2 aliphatic rings. The van der Waals surface area contributed by atoms with Crippen molar-refractivity contribution in [1.82, 2.24) is 0 Å². The van der Waals surface area contributed by atoms with Gasteiger partial charge in [-0.2, -0.15) is 0 Å². The number of rotatable bonds is 0. The summed E-state index contributed by atoms with van der Waals surface area (Å²) in [6.07, 6.45) is 4.05. The van der Waals surface area contributed by atoms with E-state index in [0.717, 1.165) is 5.92 Å². The van der Waals surface area contributed by atoms with Crippen LogP contribution in [0.25, 0.3) is 0 Å². The highest BCUT2D eigenvalue weighted by Gasteiger charge is 2.72. The van der Waals surface area contributed by atoms with Gasteiger partial charge in [-0.05, 0) is 41.4 Å². The molecule has 3 unspecified atom stereocenters. The van der Waals surface area contributed by atoms with Crippen LogP contribution in [0.1, 0.15) is 53.9 Å². The van der Waals surface area contributed by atoms with E-state index >= 15 is 0 Å². The maximum Gasteiger partial charge on any atom is 0.0161 e. The molecule has 2 saturated carbocycles. The summed E-state index contributed by atoms with van der Waals surface area (Å²) in [6.45, 7) is 11.9. The lowest BCUT2D eigenvalue weighted by Gasteiger charge is -2.41. The van der Waals surface area contributed by atoms with Gasteiger partial charge in [0, 0.05) is 6.04 Å². The zero-order chi connectivity index (χ0) is 10.8. The molecule has 1 nitrogen and oxygen atoms in total. The van der Waals surface area contributed by atoms with E-state index in [4.69, 9.17) is 5.73 Å². The van der Waals surface area contributed by atoms with Crippen molar-refractivity contribution in [2.45, 2.75) is 59.9 Å². The predicted octanol–water partition coefficient (Wildman–Crippen LogP) is 3.19. The van der Waals surface area contributed by atoms with E-state index in [1.165, 1.54) is 19.3 Å². The van der Waals surface area contributed by atoms with Crippen molar-refractivity contribution in [3.63, 3.8) is 0 Å². The molecule has 0 saturated heterocycles. The Morgan fingerprint density at radius 3 is 1.93 bits per heavy atom. The van der Waals surface area contributed by atoms with Gasteiger partial charge in [-0.3, -0.25) is 0 Å². The molecule has 2 rings (SSSR count). The smallest absolute Gasteiger partial charge is 0.0161 e. The fourth-order valence-corrected chi connectivity index (χ4v) is 4.25. The van der Waals surface area contributed by atoms with E-state index in [0.29, 0.717) is 22.3 Å². The van der Waals surface area contributed by atoms with Crippen LogP contribution < -0.4 is 5.73 Å². The fourth-order valence-electron chi connectivity index (χ4n) is 4.25. The van der Waals surface area contributed by atoms with Gasteiger partial charge in [0.15, 0.2) is 0 Å². The highest BCUT2D eigenvalue weighted by Crippen LogP contribution is 2.72. The zero-order valence-electron chi connectivity index (χ0n) is 10.4. The summed E-state index contributed by atoms with van der Waals surface area (Å²) in [7, 11) is 0. The molecule has 0 amide bonds. The molecule has 1 spiro atoms. The Bertz CT molecular complexity index is 254. The Balaban J connectivity index is 2.19. The largest absolute Gasteiger partial charge is 0.327 e. The Morgan fingerprint density at radius 1 is 1.07 bits per heavy atom. The van der Waals surface area contributed by atoms with E-state index in [2.05, 4.69) is 34.6 Å². The molecule has 2 fully saturated rings. The molecule has 14 heavy (non-hydrogen) atoms. The van der Waals surface area contributed by atoms with E-state index in [-0.39, 0.29) is 0 Å². The van der Waals surface area contributed by atoms with Crippen LogP contribution in [0.15, 0.2) is 0 Å². The standard InChI is InChI=1S/C13H25N/c1-9-8-11(2,3)6-7-13(9)10(14)12(13,4)5/h9-10H,6-8,14H2,1-5H3. The molecule has 0 aromatic carbocycles. The Hall–Kier alpha value is -0.0400. The van der Waals surface area contributed by atoms with Gasteiger partial charge in [-0.25, -0.2) is 0 Å². The van der Waals surface area contributed by atoms with Gasteiger partial charge in [0.1, 0.15) is 0 Å². The molecular weight excluding hydrogens is 170 g/mol. The molecule has 2 aliphatic carbocycles. The summed E-state index contributed by atoms with van der Waals surface area (Å²) >= 11 is 0. The normalized spacial score (nSPS) is 49.3. The molecule has 82 valence electrons. The van der Waals surface area contributed by atoms with Crippen molar-refractivity contribution < 1.29 is 0 Å². The lowest BCUT2D eigenvalue weighted by atomic mass is 9.63. The number of nitrogens with two attached hydrogens (primary N) is 1. The first-order chi connectivity index (χ1) is 6.24. The van der Waals surface area contributed by atoms with Crippen molar-refractivity contribution in [3.8, 4) is 0 Å². The average molecular weight is 195 g/mol. The molecular formula is C13H25N. The van der Waals surface area contributed by atoms with Crippen LogP contribution in [0, 0.1) is 22.2 Å². The minimum absolute atomic E-state index is 0.392. The van der Waals surface area contributed by atoms with Crippen molar-refractivity contribution in [2.24, 2.45) is 27.9 Å². The summed E-state index contributed by atoms with van der Waals surface area (Å²) in [6, 6.07) is 0.445. The molecule has 0 bridgehead atoms. The molecule has 2 N–H and O–H groups in total. The first-order valence-electron chi connectivity index (χ1n) is 6.00. The second kappa shape index (κ2) is 2.55. The van der Waals surface area contributed by atoms with Crippen LogP contribution in [-0.2, 0) is 0 Å². The van der Waals surface area contributed by atoms with Gasteiger partial charge in [-0.1, -0.05) is 34.6 Å². The van der Waals surface area contributed by atoms with E-state index in [1.807, 2.05) is 0 Å². The third-order valence-electron chi connectivity index (χ3n) is 5.40. The van der Waals surface area contributed by atoms with Gasteiger partial charge < -0.3 is 5.73 Å². The minimum Gasteiger partial charge on any atom is -0.327 e. The molecule has 3 atom stereocenters. The molecule has 1 heteroatoms. The number of hydrogen-bond acceptors (Lipinski definition) is 1. The van der Waals surface area contributed by atoms with Gasteiger partial charge in [-0.15, -0.1) is 0 Å². The lowest BCUT2D eigenvalue weighted by Crippen LogP contribution is -2.34. The fraction of sp³-hybridized carbons (Fsp3) is 1.00. The summed E-state index contributed by atoms with van der Waals surface area (Å²) < 4.78 is 0. The van der Waals surface area contributed by atoms with E-state index in [9.17, 15) is 0 Å². The number of hydrogen-bond donors (Lipinski definition) is 1. The highest BCUT2D eigenvalue weighted by molar-refractivity contribution is 5.24. The third kappa shape index (κ3) is 1.05. The van der Waals surface area contributed by atoms with Gasteiger partial charge in [0.2, 0.25) is 0 Å². The van der Waals surface area contributed by atoms with Gasteiger partial charge >= 0.3 is 0 Å². The van der Waals surface area contributed by atoms with Gasteiger partial charge in [0.05, 0.1) is 0 Å². The van der Waals surface area contributed by atoms with Crippen LogP contribution >= 0.6 is 0 Å². The average Bonchev–Trinajstić information content (AvgIpc) is 2.42. The zero-order valence-corrected chi connectivity index (χ0v) is 10.4. The molecule has 0 aromatic heterocycles. The topological polar surface area (TPSA) is 26.0 Å². The third-order valence-corrected chi connectivity index (χ3v) is 5.40. The SMILES string of the molecule is CC1CC(C)(C)CCC12C(N)C2(C)C. The quantitative estimate of drug-likeness (QED) is 0.631. The van der Waals surface area contributed by atoms with E-state index < -0.39 is 0 Å². The maximum atomic E-state index is 6.29.